The first-order chi connectivity index (χ1) is 20.0. The third-order valence-electron chi connectivity index (χ3n) is 9.08. The summed E-state index contributed by atoms with van der Waals surface area (Å²) in [6.07, 6.45) is 7.14. The molecule has 3 aliphatic heterocycles. The summed E-state index contributed by atoms with van der Waals surface area (Å²) in [5.74, 6) is 0.759. The average Bonchev–Trinajstić information content (AvgIpc) is 3.54. The molecular formula is C32H44Cl2FN5O3. The molecule has 4 fully saturated rings. The van der Waals surface area contributed by atoms with E-state index in [4.69, 9.17) is 4.74 Å². The molecule has 43 heavy (non-hydrogen) atoms. The standard InChI is InChI=1S/C32H42FN5O3.2ClH/c33-26-18-25(19-27(21-26)36-12-10-34-11-13-36)32(40)38-16-14-37(15-17-38)31(39)24-6-7-30(41-28-8-9-35-22-28)29(20-24)23-4-2-1-3-5-23;;/h6-7,18-21,23,28,34-35H,1-5,8-17,22H2;2*1H/t28-;;/m0../s1. The summed E-state index contributed by atoms with van der Waals surface area (Å²) in [6.45, 7) is 6.84. The number of piperazine rings is 2. The van der Waals surface area contributed by atoms with Gasteiger partial charge in [-0.3, -0.25) is 9.59 Å². The highest BCUT2D eigenvalue weighted by atomic mass is 35.5. The molecule has 2 aromatic carbocycles. The normalized spacial score (nSPS) is 21.1. The van der Waals surface area contributed by atoms with Crippen molar-refractivity contribution in [2.75, 3.05) is 70.3 Å². The third kappa shape index (κ3) is 7.93. The molecule has 4 aliphatic rings. The molecule has 1 aliphatic carbocycles. The van der Waals surface area contributed by atoms with Crippen LogP contribution in [-0.4, -0.2) is 93.2 Å². The first-order valence-electron chi connectivity index (χ1n) is 15.4. The summed E-state index contributed by atoms with van der Waals surface area (Å²) in [5, 5.41) is 6.67. The third-order valence-corrected chi connectivity index (χ3v) is 9.08. The molecule has 236 valence electrons. The van der Waals surface area contributed by atoms with Gasteiger partial charge in [-0.15, -0.1) is 24.8 Å². The fourth-order valence-corrected chi connectivity index (χ4v) is 6.71. The molecule has 11 heteroatoms. The van der Waals surface area contributed by atoms with E-state index in [0.29, 0.717) is 43.2 Å². The molecule has 3 heterocycles. The number of anilines is 1. The van der Waals surface area contributed by atoms with Crippen LogP contribution in [0.2, 0.25) is 0 Å². The van der Waals surface area contributed by atoms with Crippen molar-refractivity contribution in [1.29, 1.82) is 0 Å². The van der Waals surface area contributed by atoms with Crippen LogP contribution in [0.5, 0.6) is 5.75 Å². The minimum atomic E-state index is -0.399. The Bertz CT molecular complexity index is 1240. The van der Waals surface area contributed by atoms with Crippen molar-refractivity contribution in [3.05, 3.63) is 58.9 Å². The zero-order valence-electron chi connectivity index (χ0n) is 24.7. The van der Waals surface area contributed by atoms with Crippen molar-refractivity contribution in [2.45, 2.75) is 50.5 Å². The second-order valence-electron chi connectivity index (χ2n) is 11.8. The van der Waals surface area contributed by atoms with E-state index in [-0.39, 0.29) is 42.7 Å². The summed E-state index contributed by atoms with van der Waals surface area (Å²) in [5.41, 5.74) is 2.97. The van der Waals surface area contributed by atoms with Gasteiger partial charge in [0.25, 0.3) is 11.8 Å². The number of hydrogen-bond donors (Lipinski definition) is 2. The fraction of sp³-hybridized carbons (Fsp3) is 0.562. The monoisotopic (exact) mass is 635 g/mol. The van der Waals surface area contributed by atoms with Crippen molar-refractivity contribution in [3.8, 4) is 5.75 Å². The first kappa shape index (κ1) is 33.3. The number of halogens is 3. The van der Waals surface area contributed by atoms with Crippen molar-refractivity contribution >= 4 is 42.3 Å². The van der Waals surface area contributed by atoms with E-state index in [2.05, 4.69) is 21.6 Å². The SMILES string of the molecule is Cl.Cl.O=C(c1cc(F)cc(N2CCNCC2)c1)N1CCN(C(=O)c2ccc(O[C@H]3CCNC3)c(C3CCCCC3)c2)CC1. The Labute approximate surface area is 266 Å². The Kier molecular flexibility index (Phi) is 11.9. The molecule has 1 atom stereocenters. The molecule has 2 amide bonds. The van der Waals surface area contributed by atoms with Crippen molar-refractivity contribution in [3.63, 3.8) is 0 Å². The Morgan fingerprint density at radius 1 is 0.744 bits per heavy atom. The molecule has 2 aromatic rings. The number of rotatable bonds is 6. The lowest BCUT2D eigenvalue weighted by atomic mass is 9.83. The van der Waals surface area contributed by atoms with Crippen LogP contribution in [0.1, 0.15) is 70.7 Å². The molecule has 3 saturated heterocycles. The van der Waals surface area contributed by atoms with Gasteiger partial charge in [-0.1, -0.05) is 19.3 Å². The number of hydrogen-bond acceptors (Lipinski definition) is 6. The van der Waals surface area contributed by atoms with E-state index >= 15 is 0 Å². The number of nitrogens with zero attached hydrogens (tertiary/aromatic N) is 3. The fourth-order valence-electron chi connectivity index (χ4n) is 6.71. The van der Waals surface area contributed by atoms with Gasteiger partial charge in [0.2, 0.25) is 0 Å². The summed E-state index contributed by atoms with van der Waals surface area (Å²) >= 11 is 0. The van der Waals surface area contributed by atoms with Gasteiger partial charge in [0.1, 0.15) is 17.7 Å². The molecule has 0 bridgehead atoms. The molecule has 0 radical (unpaired) electrons. The van der Waals surface area contributed by atoms with Gasteiger partial charge in [-0.05, 0) is 73.7 Å². The van der Waals surface area contributed by atoms with Gasteiger partial charge in [0, 0.05) is 75.7 Å². The predicted octanol–water partition coefficient (Wildman–Crippen LogP) is 4.47. The topological polar surface area (TPSA) is 77.2 Å². The Morgan fingerprint density at radius 2 is 1.42 bits per heavy atom. The van der Waals surface area contributed by atoms with Crippen LogP contribution in [0.3, 0.4) is 0 Å². The number of nitrogens with one attached hydrogen (secondary N) is 2. The lowest BCUT2D eigenvalue weighted by Crippen LogP contribution is -2.50. The summed E-state index contributed by atoms with van der Waals surface area (Å²) in [6, 6.07) is 10.6. The Balaban J connectivity index is 0.00000212. The summed E-state index contributed by atoms with van der Waals surface area (Å²) in [7, 11) is 0. The minimum absolute atomic E-state index is 0. The van der Waals surface area contributed by atoms with Crippen LogP contribution in [-0.2, 0) is 0 Å². The molecule has 0 unspecified atom stereocenters. The van der Waals surface area contributed by atoms with Crippen molar-refractivity contribution < 1.29 is 18.7 Å². The Hall–Kier alpha value is -2.59. The maximum absolute atomic E-state index is 14.5. The first-order valence-corrected chi connectivity index (χ1v) is 15.4. The highest BCUT2D eigenvalue weighted by molar-refractivity contribution is 5.97. The van der Waals surface area contributed by atoms with Gasteiger partial charge < -0.3 is 30.1 Å². The molecular weight excluding hydrogens is 592 g/mol. The van der Waals surface area contributed by atoms with Crippen LogP contribution in [0.15, 0.2) is 36.4 Å². The van der Waals surface area contributed by atoms with E-state index in [9.17, 15) is 14.0 Å². The Morgan fingerprint density at radius 3 is 2.07 bits per heavy atom. The van der Waals surface area contributed by atoms with Crippen LogP contribution >= 0.6 is 24.8 Å². The van der Waals surface area contributed by atoms with Crippen LogP contribution < -0.4 is 20.3 Å². The smallest absolute Gasteiger partial charge is 0.254 e. The molecule has 2 N–H and O–H groups in total. The van der Waals surface area contributed by atoms with Gasteiger partial charge in [0.05, 0.1) is 0 Å². The summed E-state index contributed by atoms with van der Waals surface area (Å²) in [4.78, 5) is 32.6. The van der Waals surface area contributed by atoms with Gasteiger partial charge in [-0.25, -0.2) is 4.39 Å². The molecule has 0 spiro atoms. The maximum Gasteiger partial charge on any atom is 0.254 e. The minimum Gasteiger partial charge on any atom is -0.489 e. The van der Waals surface area contributed by atoms with E-state index in [1.165, 1.54) is 37.0 Å². The predicted molar refractivity (Wildman–Crippen MR) is 172 cm³/mol. The highest BCUT2D eigenvalue weighted by Gasteiger charge is 2.29. The molecule has 8 nitrogen and oxygen atoms in total. The zero-order chi connectivity index (χ0) is 28.2. The largest absolute Gasteiger partial charge is 0.489 e. The van der Waals surface area contributed by atoms with E-state index in [1.807, 2.05) is 17.0 Å². The van der Waals surface area contributed by atoms with Crippen LogP contribution in [0.25, 0.3) is 0 Å². The van der Waals surface area contributed by atoms with Gasteiger partial charge >= 0.3 is 0 Å². The van der Waals surface area contributed by atoms with Gasteiger partial charge in [0.15, 0.2) is 0 Å². The summed E-state index contributed by atoms with van der Waals surface area (Å²) < 4.78 is 20.9. The quantitative estimate of drug-likeness (QED) is 0.488. The second-order valence-corrected chi connectivity index (χ2v) is 11.8. The number of carbonyl (C=O) groups is 2. The highest BCUT2D eigenvalue weighted by Crippen LogP contribution is 2.39. The van der Waals surface area contributed by atoms with Crippen molar-refractivity contribution in [1.82, 2.24) is 20.4 Å². The average molecular weight is 637 g/mol. The lowest BCUT2D eigenvalue weighted by Gasteiger charge is -2.35. The van der Waals surface area contributed by atoms with Crippen LogP contribution in [0, 0.1) is 5.82 Å². The van der Waals surface area contributed by atoms with Crippen LogP contribution in [0.4, 0.5) is 10.1 Å². The molecule has 0 aromatic heterocycles. The molecule has 6 rings (SSSR count). The number of amides is 2. The number of carbonyl (C=O) groups excluding carboxylic acids is 2. The van der Waals surface area contributed by atoms with E-state index in [0.717, 1.165) is 70.0 Å². The number of benzene rings is 2. The van der Waals surface area contributed by atoms with Crippen molar-refractivity contribution in [2.24, 2.45) is 0 Å². The second kappa shape index (κ2) is 15.4. The van der Waals surface area contributed by atoms with E-state index < -0.39 is 5.82 Å². The maximum atomic E-state index is 14.5. The van der Waals surface area contributed by atoms with E-state index in [1.54, 1.807) is 11.0 Å². The zero-order valence-corrected chi connectivity index (χ0v) is 26.3. The lowest BCUT2D eigenvalue weighted by molar-refractivity contribution is 0.0535. The number of ether oxygens (including phenoxy) is 1. The molecule has 1 saturated carbocycles. The van der Waals surface area contributed by atoms with Gasteiger partial charge in [-0.2, -0.15) is 0 Å².